The standard InChI is InChI=1S/C20H23BrN2O2/c1-13(15-8-11-18(25-2)17(21)12-15)22-19(14-6-4-3-5-7-14)20(24)23-16-9-10-16/h3-8,11-13,16,19,22H,9-10H2,1-2H3,(H,23,24)/p+1/t13-,19-/m0/s1. The number of ether oxygens (including phenoxy) is 1. The lowest BCUT2D eigenvalue weighted by atomic mass is 10.0. The van der Waals surface area contributed by atoms with E-state index in [4.69, 9.17) is 4.74 Å². The molecule has 0 unspecified atom stereocenters. The van der Waals surface area contributed by atoms with Crippen LogP contribution < -0.4 is 15.4 Å². The monoisotopic (exact) mass is 403 g/mol. The number of hydrogen-bond donors (Lipinski definition) is 2. The van der Waals surface area contributed by atoms with Gasteiger partial charge >= 0.3 is 0 Å². The van der Waals surface area contributed by atoms with Gasteiger partial charge in [-0.1, -0.05) is 30.3 Å². The number of methoxy groups -OCH3 is 1. The Morgan fingerprint density at radius 1 is 1.20 bits per heavy atom. The van der Waals surface area contributed by atoms with Gasteiger partial charge in [0.05, 0.1) is 11.6 Å². The molecule has 2 aromatic rings. The Morgan fingerprint density at radius 3 is 2.52 bits per heavy atom. The highest BCUT2D eigenvalue weighted by molar-refractivity contribution is 9.10. The molecule has 0 heterocycles. The predicted octanol–water partition coefficient (Wildman–Crippen LogP) is 3.10. The van der Waals surface area contributed by atoms with Gasteiger partial charge in [0.1, 0.15) is 11.8 Å². The number of nitrogens with one attached hydrogen (secondary N) is 1. The minimum absolute atomic E-state index is 0.0909. The summed E-state index contributed by atoms with van der Waals surface area (Å²) in [6.45, 7) is 2.12. The van der Waals surface area contributed by atoms with E-state index in [9.17, 15) is 4.79 Å². The fourth-order valence-electron chi connectivity index (χ4n) is 2.89. The van der Waals surface area contributed by atoms with Crippen molar-refractivity contribution in [2.75, 3.05) is 7.11 Å². The summed E-state index contributed by atoms with van der Waals surface area (Å²) in [4.78, 5) is 12.8. The van der Waals surface area contributed by atoms with Crippen LogP contribution >= 0.6 is 15.9 Å². The van der Waals surface area contributed by atoms with Crippen molar-refractivity contribution >= 4 is 21.8 Å². The molecule has 0 radical (unpaired) electrons. The minimum Gasteiger partial charge on any atom is -0.496 e. The highest BCUT2D eigenvalue weighted by atomic mass is 79.9. The van der Waals surface area contributed by atoms with Crippen LogP contribution in [0.5, 0.6) is 5.75 Å². The smallest absolute Gasteiger partial charge is 0.283 e. The van der Waals surface area contributed by atoms with E-state index >= 15 is 0 Å². The van der Waals surface area contributed by atoms with E-state index in [0.29, 0.717) is 6.04 Å². The summed E-state index contributed by atoms with van der Waals surface area (Å²) in [5.74, 6) is 0.898. The first kappa shape index (κ1) is 18.0. The zero-order valence-electron chi connectivity index (χ0n) is 14.5. The number of benzene rings is 2. The van der Waals surface area contributed by atoms with Crippen LogP contribution in [0, 0.1) is 0 Å². The van der Waals surface area contributed by atoms with Crippen LogP contribution in [0.2, 0.25) is 0 Å². The maximum atomic E-state index is 12.8. The molecule has 25 heavy (non-hydrogen) atoms. The van der Waals surface area contributed by atoms with Gasteiger partial charge in [-0.05, 0) is 53.9 Å². The lowest BCUT2D eigenvalue weighted by Crippen LogP contribution is -2.88. The third-order valence-corrected chi connectivity index (χ3v) is 5.17. The summed E-state index contributed by atoms with van der Waals surface area (Å²) in [5, 5.41) is 5.27. The molecular weight excluding hydrogens is 380 g/mol. The van der Waals surface area contributed by atoms with Crippen molar-refractivity contribution in [2.24, 2.45) is 0 Å². The van der Waals surface area contributed by atoms with Gasteiger partial charge in [0.15, 0.2) is 6.04 Å². The van der Waals surface area contributed by atoms with E-state index in [-0.39, 0.29) is 18.0 Å². The fourth-order valence-corrected chi connectivity index (χ4v) is 3.45. The third kappa shape index (κ3) is 4.61. The molecule has 2 atom stereocenters. The van der Waals surface area contributed by atoms with Crippen molar-refractivity contribution in [1.82, 2.24) is 5.32 Å². The lowest BCUT2D eigenvalue weighted by Gasteiger charge is -2.21. The Hall–Kier alpha value is -1.85. The number of amides is 1. The average molecular weight is 404 g/mol. The summed E-state index contributed by atoms with van der Waals surface area (Å²) in [6.07, 6.45) is 2.18. The molecule has 3 rings (SSSR count). The Bertz CT molecular complexity index is 732. The predicted molar refractivity (Wildman–Crippen MR) is 101 cm³/mol. The van der Waals surface area contributed by atoms with Gasteiger partial charge in [-0.2, -0.15) is 0 Å². The Labute approximate surface area is 157 Å². The molecule has 0 aliphatic heterocycles. The van der Waals surface area contributed by atoms with Crippen LogP contribution in [0.25, 0.3) is 0 Å². The lowest BCUT2D eigenvalue weighted by molar-refractivity contribution is -0.719. The zero-order chi connectivity index (χ0) is 17.8. The van der Waals surface area contributed by atoms with Crippen LogP contribution in [0.15, 0.2) is 53.0 Å². The fraction of sp³-hybridized carbons (Fsp3) is 0.350. The molecule has 3 N–H and O–H groups in total. The molecule has 1 amide bonds. The van der Waals surface area contributed by atoms with Crippen molar-refractivity contribution in [3.05, 3.63) is 64.1 Å². The number of carbonyl (C=O) groups excluding carboxylic acids is 1. The van der Waals surface area contributed by atoms with Crippen molar-refractivity contribution in [1.29, 1.82) is 0 Å². The van der Waals surface area contributed by atoms with Crippen LogP contribution in [-0.4, -0.2) is 19.1 Å². The number of rotatable bonds is 7. The summed E-state index contributed by atoms with van der Waals surface area (Å²) >= 11 is 3.54. The zero-order valence-corrected chi connectivity index (χ0v) is 16.1. The summed E-state index contributed by atoms with van der Waals surface area (Å²) in [7, 11) is 1.66. The highest BCUT2D eigenvalue weighted by Gasteiger charge is 2.31. The van der Waals surface area contributed by atoms with Crippen LogP contribution in [0.4, 0.5) is 0 Å². The molecule has 1 fully saturated rings. The number of carbonyl (C=O) groups is 1. The minimum atomic E-state index is -0.252. The van der Waals surface area contributed by atoms with Crippen LogP contribution in [0.1, 0.15) is 43.0 Å². The van der Waals surface area contributed by atoms with E-state index in [1.165, 1.54) is 0 Å². The van der Waals surface area contributed by atoms with Gasteiger partial charge in [0.25, 0.3) is 5.91 Å². The topological polar surface area (TPSA) is 54.9 Å². The first-order valence-corrected chi connectivity index (χ1v) is 9.41. The quantitative estimate of drug-likeness (QED) is 0.745. The van der Waals surface area contributed by atoms with Gasteiger partial charge in [-0.25, -0.2) is 0 Å². The third-order valence-electron chi connectivity index (χ3n) is 4.55. The molecule has 0 bridgehead atoms. The first-order chi connectivity index (χ1) is 12.1. The number of hydrogen-bond acceptors (Lipinski definition) is 2. The van der Waals surface area contributed by atoms with E-state index in [1.54, 1.807) is 7.11 Å². The number of nitrogens with two attached hydrogens (primary N) is 1. The molecule has 1 aliphatic rings. The van der Waals surface area contributed by atoms with Gasteiger partial charge in [-0.3, -0.25) is 4.79 Å². The van der Waals surface area contributed by atoms with Gasteiger partial charge in [0.2, 0.25) is 0 Å². The molecule has 0 aromatic heterocycles. The molecule has 132 valence electrons. The van der Waals surface area contributed by atoms with Crippen molar-refractivity contribution < 1.29 is 14.8 Å². The van der Waals surface area contributed by atoms with Crippen LogP contribution in [-0.2, 0) is 4.79 Å². The second-order valence-corrected chi connectivity index (χ2v) is 7.40. The van der Waals surface area contributed by atoms with Crippen molar-refractivity contribution in [2.45, 2.75) is 37.9 Å². The van der Waals surface area contributed by atoms with Crippen LogP contribution in [0.3, 0.4) is 0 Å². The first-order valence-electron chi connectivity index (χ1n) is 8.62. The summed E-state index contributed by atoms with van der Waals surface area (Å²) < 4.78 is 6.22. The summed E-state index contributed by atoms with van der Waals surface area (Å²) in [6, 6.07) is 16.3. The second kappa shape index (κ2) is 8.02. The van der Waals surface area contributed by atoms with E-state index in [2.05, 4.69) is 39.6 Å². The SMILES string of the molecule is COc1ccc([C@H](C)[NH2+][C@H](C(=O)NC2CC2)c2ccccc2)cc1Br. The highest BCUT2D eigenvalue weighted by Crippen LogP contribution is 2.27. The van der Waals surface area contributed by atoms with E-state index in [0.717, 1.165) is 34.2 Å². The van der Waals surface area contributed by atoms with Crippen molar-refractivity contribution in [3.8, 4) is 5.75 Å². The second-order valence-electron chi connectivity index (χ2n) is 6.55. The Kier molecular flexibility index (Phi) is 5.76. The van der Waals surface area contributed by atoms with Gasteiger partial charge in [0, 0.05) is 17.2 Å². The number of halogens is 1. The average Bonchev–Trinajstić information content (AvgIpc) is 3.44. The maximum absolute atomic E-state index is 12.8. The molecule has 0 spiro atoms. The maximum Gasteiger partial charge on any atom is 0.283 e. The van der Waals surface area contributed by atoms with E-state index < -0.39 is 0 Å². The molecular formula is C20H24BrN2O2+. The van der Waals surface area contributed by atoms with E-state index in [1.807, 2.05) is 42.5 Å². The van der Waals surface area contributed by atoms with Gasteiger partial charge < -0.3 is 15.4 Å². The molecule has 0 saturated heterocycles. The molecule has 5 heteroatoms. The molecule has 1 aliphatic carbocycles. The number of quaternary nitrogens is 1. The molecule has 4 nitrogen and oxygen atoms in total. The molecule has 1 saturated carbocycles. The summed E-state index contributed by atoms with van der Waals surface area (Å²) in [5.41, 5.74) is 2.17. The Morgan fingerprint density at radius 2 is 1.92 bits per heavy atom. The molecule has 2 aromatic carbocycles. The van der Waals surface area contributed by atoms with Crippen molar-refractivity contribution in [3.63, 3.8) is 0 Å². The largest absolute Gasteiger partial charge is 0.496 e. The normalized spacial score (nSPS) is 16.1. The van der Waals surface area contributed by atoms with Gasteiger partial charge in [-0.15, -0.1) is 0 Å². The Balaban J connectivity index is 1.78.